The van der Waals surface area contributed by atoms with Gasteiger partial charge in [-0.3, -0.25) is 4.79 Å². The van der Waals surface area contributed by atoms with Crippen LogP contribution in [-0.2, 0) is 0 Å². The van der Waals surface area contributed by atoms with Gasteiger partial charge in [-0.1, -0.05) is 32.1 Å². The van der Waals surface area contributed by atoms with E-state index in [1.54, 1.807) is 0 Å². The molecule has 0 bridgehead atoms. The van der Waals surface area contributed by atoms with Gasteiger partial charge in [-0.2, -0.15) is 0 Å². The first kappa shape index (κ1) is 16.0. The van der Waals surface area contributed by atoms with Crippen LogP contribution in [0.4, 0.5) is 10.9 Å². The number of anilines is 2. The summed E-state index contributed by atoms with van der Waals surface area (Å²) in [5.41, 5.74) is 5.94. The first-order chi connectivity index (χ1) is 10.0. The van der Waals surface area contributed by atoms with E-state index < -0.39 is 0 Å². The maximum atomic E-state index is 12.4. The van der Waals surface area contributed by atoms with Crippen LogP contribution in [0.5, 0.6) is 0 Å². The lowest BCUT2D eigenvalue weighted by Crippen LogP contribution is -2.43. The fourth-order valence-electron chi connectivity index (χ4n) is 2.45. The Morgan fingerprint density at radius 2 is 2.14 bits per heavy atom. The van der Waals surface area contributed by atoms with Gasteiger partial charge in [-0.15, -0.1) is 0 Å². The van der Waals surface area contributed by atoms with Crippen molar-refractivity contribution in [2.75, 3.05) is 36.8 Å². The lowest BCUT2D eigenvalue weighted by Gasteiger charge is -2.26. The summed E-state index contributed by atoms with van der Waals surface area (Å²) in [5.74, 6) is 0.636. The fourth-order valence-corrected chi connectivity index (χ4v) is 3.39. The van der Waals surface area contributed by atoms with E-state index in [0.29, 0.717) is 16.6 Å². The predicted octanol–water partition coefficient (Wildman–Crippen LogP) is 1.30. The van der Waals surface area contributed by atoms with Gasteiger partial charge in [-0.05, 0) is 12.3 Å². The Balaban J connectivity index is 2.09. The zero-order valence-corrected chi connectivity index (χ0v) is 13.8. The number of thiazole rings is 1. The molecule has 1 aromatic rings. The lowest BCUT2D eigenvalue weighted by molar-refractivity contribution is 0.0929. The number of nitrogens with zero attached hydrogens (tertiary/aromatic N) is 2. The van der Waals surface area contributed by atoms with Crippen molar-refractivity contribution < 1.29 is 4.79 Å². The third kappa shape index (κ3) is 3.85. The number of hydrogen-bond donors (Lipinski definition) is 3. The van der Waals surface area contributed by atoms with Crippen molar-refractivity contribution in [2.24, 2.45) is 5.92 Å². The number of nitrogens with one attached hydrogen (secondary N) is 2. The number of hydrogen-bond acceptors (Lipinski definition) is 6. The van der Waals surface area contributed by atoms with Crippen molar-refractivity contribution in [2.45, 2.75) is 33.2 Å². The van der Waals surface area contributed by atoms with Gasteiger partial charge in [0, 0.05) is 32.2 Å². The molecule has 1 unspecified atom stereocenters. The Bertz CT molecular complexity index is 482. The molecule has 0 saturated carbocycles. The summed E-state index contributed by atoms with van der Waals surface area (Å²) in [6.07, 6.45) is 0.909. The van der Waals surface area contributed by atoms with E-state index >= 15 is 0 Å². The van der Waals surface area contributed by atoms with E-state index in [1.165, 1.54) is 11.3 Å². The zero-order valence-electron chi connectivity index (χ0n) is 13.0. The highest BCUT2D eigenvalue weighted by molar-refractivity contribution is 7.18. The number of carbonyl (C=O) groups is 1. The highest BCUT2D eigenvalue weighted by Crippen LogP contribution is 2.28. The van der Waals surface area contributed by atoms with Crippen LogP contribution < -0.4 is 21.3 Å². The molecule has 4 N–H and O–H groups in total. The number of aromatic nitrogens is 1. The van der Waals surface area contributed by atoms with Gasteiger partial charge in [0.05, 0.1) is 0 Å². The molecule has 1 aliphatic rings. The molecule has 1 fully saturated rings. The summed E-state index contributed by atoms with van der Waals surface area (Å²) >= 11 is 1.39. The number of nitrogen functional groups attached to an aromatic ring is 1. The van der Waals surface area contributed by atoms with Crippen molar-refractivity contribution in [3.05, 3.63) is 4.88 Å². The summed E-state index contributed by atoms with van der Waals surface area (Å²) < 4.78 is 0. The molecule has 6 nitrogen and oxygen atoms in total. The van der Waals surface area contributed by atoms with Gasteiger partial charge < -0.3 is 21.3 Å². The Morgan fingerprint density at radius 3 is 2.71 bits per heavy atom. The predicted molar refractivity (Wildman–Crippen MR) is 88.0 cm³/mol. The molecule has 1 saturated heterocycles. The molecule has 1 aromatic heterocycles. The molecular weight excluding hydrogens is 286 g/mol. The van der Waals surface area contributed by atoms with Crippen LogP contribution in [0.25, 0.3) is 0 Å². The van der Waals surface area contributed by atoms with Gasteiger partial charge in [0.15, 0.2) is 5.13 Å². The maximum absolute atomic E-state index is 12.4. The Morgan fingerprint density at radius 1 is 1.48 bits per heavy atom. The molecule has 0 aliphatic carbocycles. The second-order valence-electron chi connectivity index (χ2n) is 5.68. The van der Waals surface area contributed by atoms with Gasteiger partial charge in [0.2, 0.25) is 0 Å². The van der Waals surface area contributed by atoms with Crippen LogP contribution in [0.2, 0.25) is 0 Å². The maximum Gasteiger partial charge on any atom is 0.265 e. The van der Waals surface area contributed by atoms with Gasteiger partial charge in [0.1, 0.15) is 10.7 Å². The second kappa shape index (κ2) is 7.09. The zero-order chi connectivity index (χ0) is 15.4. The number of carbonyl (C=O) groups excluding carboxylic acids is 1. The minimum atomic E-state index is -0.105. The van der Waals surface area contributed by atoms with Crippen molar-refractivity contribution in [3.63, 3.8) is 0 Å². The van der Waals surface area contributed by atoms with Crippen molar-refractivity contribution in [3.8, 4) is 0 Å². The molecular formula is C14H25N5OS. The van der Waals surface area contributed by atoms with Crippen molar-refractivity contribution >= 4 is 28.2 Å². The van der Waals surface area contributed by atoms with Crippen LogP contribution in [0.3, 0.4) is 0 Å². The molecule has 0 spiro atoms. The number of nitrogens with two attached hydrogens (primary N) is 1. The topological polar surface area (TPSA) is 83.3 Å². The molecule has 21 heavy (non-hydrogen) atoms. The minimum Gasteiger partial charge on any atom is -0.382 e. The van der Waals surface area contributed by atoms with E-state index in [2.05, 4.69) is 41.3 Å². The molecule has 1 amide bonds. The smallest absolute Gasteiger partial charge is 0.265 e. The molecule has 0 aromatic carbocycles. The molecule has 1 atom stereocenters. The Kier molecular flexibility index (Phi) is 5.41. The third-order valence-electron chi connectivity index (χ3n) is 3.80. The van der Waals surface area contributed by atoms with Crippen LogP contribution in [0, 0.1) is 5.92 Å². The quantitative estimate of drug-likeness (QED) is 0.763. The standard InChI is InChI=1S/C14H25N5OS/c1-4-10(9(2)3)17-13(20)11-12(15)18-14(21-11)19-7-5-16-6-8-19/h9-10,16H,4-8,15H2,1-3H3,(H,17,20). The van der Waals surface area contributed by atoms with Crippen LogP contribution in [0.15, 0.2) is 0 Å². The van der Waals surface area contributed by atoms with E-state index in [4.69, 9.17) is 5.73 Å². The molecule has 1 aliphatic heterocycles. The monoisotopic (exact) mass is 311 g/mol. The van der Waals surface area contributed by atoms with Gasteiger partial charge in [0.25, 0.3) is 5.91 Å². The number of piperazine rings is 1. The SMILES string of the molecule is CCC(NC(=O)c1sc(N2CCNCC2)nc1N)C(C)C. The highest BCUT2D eigenvalue weighted by Gasteiger charge is 2.23. The van der Waals surface area contributed by atoms with E-state index in [0.717, 1.165) is 37.7 Å². The van der Waals surface area contributed by atoms with Gasteiger partial charge >= 0.3 is 0 Å². The van der Waals surface area contributed by atoms with Crippen molar-refractivity contribution in [1.82, 2.24) is 15.6 Å². The minimum absolute atomic E-state index is 0.105. The lowest BCUT2D eigenvalue weighted by atomic mass is 10.0. The Hall–Kier alpha value is -1.34. The summed E-state index contributed by atoms with van der Waals surface area (Å²) in [6, 6.07) is 0.168. The molecule has 0 radical (unpaired) electrons. The molecule has 7 heteroatoms. The molecule has 2 rings (SSSR count). The molecule has 2 heterocycles. The van der Waals surface area contributed by atoms with E-state index in [-0.39, 0.29) is 11.9 Å². The number of rotatable bonds is 5. The number of amides is 1. The van der Waals surface area contributed by atoms with Gasteiger partial charge in [-0.25, -0.2) is 4.98 Å². The van der Waals surface area contributed by atoms with E-state index in [9.17, 15) is 4.79 Å². The average molecular weight is 311 g/mol. The van der Waals surface area contributed by atoms with Crippen LogP contribution in [0.1, 0.15) is 36.9 Å². The summed E-state index contributed by atoms with van der Waals surface area (Å²) in [4.78, 5) is 19.5. The Labute approximate surface area is 130 Å². The van der Waals surface area contributed by atoms with Crippen LogP contribution in [-0.4, -0.2) is 43.1 Å². The largest absolute Gasteiger partial charge is 0.382 e. The molecule has 118 valence electrons. The normalized spacial score (nSPS) is 17.0. The average Bonchev–Trinajstić information content (AvgIpc) is 2.87. The third-order valence-corrected chi connectivity index (χ3v) is 4.93. The second-order valence-corrected chi connectivity index (χ2v) is 6.66. The summed E-state index contributed by atoms with van der Waals surface area (Å²) in [6.45, 7) is 9.97. The van der Waals surface area contributed by atoms with Crippen LogP contribution >= 0.6 is 11.3 Å². The fraction of sp³-hybridized carbons (Fsp3) is 0.714. The highest BCUT2D eigenvalue weighted by atomic mass is 32.1. The summed E-state index contributed by atoms with van der Waals surface area (Å²) in [7, 11) is 0. The first-order valence-corrected chi connectivity index (χ1v) is 8.37. The van der Waals surface area contributed by atoms with Crippen molar-refractivity contribution in [1.29, 1.82) is 0 Å². The first-order valence-electron chi connectivity index (χ1n) is 7.55. The summed E-state index contributed by atoms with van der Waals surface area (Å²) in [5, 5.41) is 7.20. The van der Waals surface area contributed by atoms with E-state index in [1.807, 2.05) is 0 Å².